The van der Waals surface area contributed by atoms with Gasteiger partial charge in [0.1, 0.15) is 0 Å². The average molecular weight is 311 g/mol. The second kappa shape index (κ2) is 7.68. The summed E-state index contributed by atoms with van der Waals surface area (Å²) in [7, 11) is 0. The van der Waals surface area contributed by atoms with Gasteiger partial charge in [0, 0.05) is 45.0 Å². The molecule has 0 amide bonds. The van der Waals surface area contributed by atoms with Gasteiger partial charge in [0.2, 0.25) is 0 Å². The van der Waals surface area contributed by atoms with Crippen molar-refractivity contribution in [1.29, 1.82) is 0 Å². The average Bonchev–Trinajstić information content (AvgIpc) is 2.69. The molecule has 0 saturated carbocycles. The van der Waals surface area contributed by atoms with Gasteiger partial charge in [0.25, 0.3) is 0 Å². The number of hydrogen-bond acceptors (Lipinski definition) is 4. The number of hydrogen-bond donors (Lipinski definition) is 1. The smallest absolute Gasteiger partial charge is 0.0794 e. The van der Waals surface area contributed by atoms with Crippen LogP contribution in [0, 0.1) is 6.92 Å². The van der Waals surface area contributed by atoms with Crippen molar-refractivity contribution in [3.05, 3.63) is 65.5 Å². The lowest BCUT2D eigenvalue weighted by atomic mass is 10.2. The maximum atomic E-state index is 10.3. The third-order valence-electron chi connectivity index (χ3n) is 4.25. The Morgan fingerprint density at radius 1 is 0.957 bits per heavy atom. The third-order valence-corrected chi connectivity index (χ3v) is 4.25. The fourth-order valence-electron chi connectivity index (χ4n) is 3.16. The van der Waals surface area contributed by atoms with E-state index in [1.165, 1.54) is 5.56 Å². The second-order valence-corrected chi connectivity index (χ2v) is 6.38. The molecular weight excluding hydrogens is 286 g/mol. The highest BCUT2D eigenvalue weighted by molar-refractivity contribution is 5.14. The number of benzene rings is 1. The zero-order chi connectivity index (χ0) is 16.1. The predicted molar refractivity (Wildman–Crippen MR) is 92.0 cm³/mol. The monoisotopic (exact) mass is 311 g/mol. The van der Waals surface area contributed by atoms with Crippen molar-refractivity contribution in [1.82, 2.24) is 14.8 Å². The third kappa shape index (κ3) is 4.86. The number of β-amino-alcohol motifs (C(OH)–C–C–N with tert-alkyl or cyclic N) is 1. The van der Waals surface area contributed by atoms with Crippen LogP contribution in [0.15, 0.2) is 48.5 Å². The number of aliphatic hydroxyl groups excluding tert-OH is 1. The van der Waals surface area contributed by atoms with Crippen LogP contribution in [-0.2, 0) is 13.1 Å². The maximum Gasteiger partial charge on any atom is 0.0794 e. The minimum absolute atomic E-state index is 0.314. The van der Waals surface area contributed by atoms with Crippen LogP contribution in [0.5, 0.6) is 0 Å². The number of rotatable bonds is 4. The predicted octanol–water partition coefficient (Wildman–Crippen LogP) is 2.07. The molecule has 1 aromatic heterocycles. The number of nitrogens with zero attached hydrogens (tertiary/aromatic N) is 3. The van der Waals surface area contributed by atoms with Gasteiger partial charge in [-0.25, -0.2) is 0 Å². The van der Waals surface area contributed by atoms with Gasteiger partial charge in [-0.1, -0.05) is 36.4 Å². The van der Waals surface area contributed by atoms with Crippen molar-refractivity contribution < 1.29 is 5.11 Å². The molecule has 1 fully saturated rings. The molecule has 1 aliphatic rings. The molecule has 122 valence electrons. The first-order chi connectivity index (χ1) is 11.2. The van der Waals surface area contributed by atoms with E-state index < -0.39 is 0 Å². The lowest BCUT2D eigenvalue weighted by Crippen LogP contribution is -2.33. The van der Waals surface area contributed by atoms with Gasteiger partial charge in [-0.3, -0.25) is 14.8 Å². The largest absolute Gasteiger partial charge is 0.390 e. The van der Waals surface area contributed by atoms with Crippen molar-refractivity contribution >= 4 is 0 Å². The Morgan fingerprint density at radius 3 is 2.35 bits per heavy atom. The Balaban J connectivity index is 1.59. The molecule has 3 rings (SSSR count). The molecule has 1 aliphatic heterocycles. The zero-order valence-electron chi connectivity index (χ0n) is 13.7. The number of pyridine rings is 1. The quantitative estimate of drug-likeness (QED) is 0.938. The summed E-state index contributed by atoms with van der Waals surface area (Å²) in [6.45, 7) is 7.08. The van der Waals surface area contributed by atoms with E-state index in [1.54, 1.807) is 0 Å². The minimum Gasteiger partial charge on any atom is -0.390 e. The molecule has 1 N–H and O–H groups in total. The van der Waals surface area contributed by atoms with Gasteiger partial charge >= 0.3 is 0 Å². The lowest BCUT2D eigenvalue weighted by Gasteiger charge is -2.21. The van der Waals surface area contributed by atoms with E-state index in [0.717, 1.165) is 44.1 Å². The normalized spacial score (nSPS) is 20.3. The molecule has 0 radical (unpaired) electrons. The topological polar surface area (TPSA) is 39.6 Å². The number of aryl methyl sites for hydroxylation is 1. The van der Waals surface area contributed by atoms with Crippen LogP contribution in [0.25, 0.3) is 0 Å². The Hall–Kier alpha value is -1.75. The van der Waals surface area contributed by atoms with E-state index in [-0.39, 0.29) is 6.10 Å². The summed E-state index contributed by atoms with van der Waals surface area (Å²) < 4.78 is 0. The van der Waals surface area contributed by atoms with E-state index in [4.69, 9.17) is 0 Å². The Morgan fingerprint density at radius 2 is 1.65 bits per heavy atom. The molecule has 0 bridgehead atoms. The van der Waals surface area contributed by atoms with Gasteiger partial charge in [-0.05, 0) is 24.6 Å². The van der Waals surface area contributed by atoms with Gasteiger partial charge in [0.05, 0.1) is 11.8 Å². The zero-order valence-corrected chi connectivity index (χ0v) is 13.7. The molecular formula is C19H25N3O. The SMILES string of the molecule is Cc1cccc(CN2CCN(Cc3ccccc3)CC(O)C2)n1. The summed E-state index contributed by atoms with van der Waals surface area (Å²) >= 11 is 0. The molecule has 1 aromatic carbocycles. The van der Waals surface area contributed by atoms with E-state index >= 15 is 0 Å². The summed E-state index contributed by atoms with van der Waals surface area (Å²) in [5, 5.41) is 10.3. The Bertz CT molecular complexity index is 617. The van der Waals surface area contributed by atoms with Gasteiger partial charge in [-0.15, -0.1) is 0 Å². The van der Waals surface area contributed by atoms with Crippen LogP contribution in [0.1, 0.15) is 17.0 Å². The van der Waals surface area contributed by atoms with Crippen LogP contribution in [0.4, 0.5) is 0 Å². The fraction of sp³-hybridized carbons (Fsp3) is 0.421. The van der Waals surface area contributed by atoms with Crippen molar-refractivity contribution in [2.24, 2.45) is 0 Å². The Kier molecular flexibility index (Phi) is 5.39. The summed E-state index contributed by atoms with van der Waals surface area (Å²) in [6.07, 6.45) is -0.314. The molecule has 23 heavy (non-hydrogen) atoms. The second-order valence-electron chi connectivity index (χ2n) is 6.38. The first kappa shape index (κ1) is 16.1. The molecule has 1 unspecified atom stereocenters. The highest BCUT2D eigenvalue weighted by Crippen LogP contribution is 2.11. The first-order valence-electron chi connectivity index (χ1n) is 8.28. The van der Waals surface area contributed by atoms with E-state index in [9.17, 15) is 5.11 Å². The fourth-order valence-corrected chi connectivity index (χ4v) is 3.16. The molecule has 4 heteroatoms. The highest BCUT2D eigenvalue weighted by atomic mass is 16.3. The number of aliphatic hydroxyl groups is 1. The lowest BCUT2D eigenvalue weighted by molar-refractivity contribution is 0.105. The first-order valence-corrected chi connectivity index (χ1v) is 8.28. The Labute approximate surface area is 138 Å². The number of aromatic nitrogens is 1. The van der Waals surface area contributed by atoms with Gasteiger partial charge in [-0.2, -0.15) is 0 Å². The van der Waals surface area contributed by atoms with Crippen molar-refractivity contribution in [2.45, 2.75) is 26.1 Å². The van der Waals surface area contributed by atoms with Gasteiger partial charge < -0.3 is 5.11 Å². The summed E-state index contributed by atoms with van der Waals surface area (Å²) in [5.74, 6) is 0. The molecule has 2 heterocycles. The summed E-state index contributed by atoms with van der Waals surface area (Å²) in [5.41, 5.74) is 3.42. The van der Waals surface area contributed by atoms with E-state index in [2.05, 4.69) is 45.1 Å². The molecule has 1 atom stereocenters. The molecule has 1 saturated heterocycles. The van der Waals surface area contributed by atoms with Crippen molar-refractivity contribution in [2.75, 3.05) is 26.2 Å². The maximum absolute atomic E-state index is 10.3. The van der Waals surface area contributed by atoms with E-state index in [0.29, 0.717) is 6.54 Å². The van der Waals surface area contributed by atoms with Crippen molar-refractivity contribution in [3.8, 4) is 0 Å². The minimum atomic E-state index is -0.314. The molecule has 0 aliphatic carbocycles. The van der Waals surface area contributed by atoms with Crippen LogP contribution < -0.4 is 0 Å². The summed E-state index contributed by atoms with van der Waals surface area (Å²) in [4.78, 5) is 9.21. The van der Waals surface area contributed by atoms with Crippen LogP contribution in [0.2, 0.25) is 0 Å². The van der Waals surface area contributed by atoms with Crippen LogP contribution in [-0.4, -0.2) is 52.2 Å². The molecule has 4 nitrogen and oxygen atoms in total. The van der Waals surface area contributed by atoms with Crippen molar-refractivity contribution in [3.63, 3.8) is 0 Å². The highest BCUT2D eigenvalue weighted by Gasteiger charge is 2.21. The van der Waals surface area contributed by atoms with Crippen LogP contribution in [0.3, 0.4) is 0 Å². The standard InChI is InChI=1S/C19H25N3O/c1-16-6-5-9-18(20-16)13-22-11-10-21(14-19(23)15-22)12-17-7-3-2-4-8-17/h2-9,19,23H,10-15H2,1H3. The van der Waals surface area contributed by atoms with Crippen LogP contribution >= 0.6 is 0 Å². The van der Waals surface area contributed by atoms with Gasteiger partial charge in [0.15, 0.2) is 0 Å². The summed E-state index contributed by atoms with van der Waals surface area (Å²) in [6, 6.07) is 16.6. The van der Waals surface area contributed by atoms with E-state index in [1.807, 2.05) is 25.1 Å². The molecule has 0 spiro atoms. The molecule has 2 aromatic rings.